The lowest BCUT2D eigenvalue weighted by atomic mass is 9.99. The van der Waals surface area contributed by atoms with Crippen molar-refractivity contribution in [3.8, 4) is 0 Å². The van der Waals surface area contributed by atoms with Crippen LogP contribution in [0.3, 0.4) is 0 Å². The van der Waals surface area contributed by atoms with Gasteiger partial charge in [-0.3, -0.25) is 0 Å². The van der Waals surface area contributed by atoms with Gasteiger partial charge in [0, 0.05) is 4.90 Å². The van der Waals surface area contributed by atoms with E-state index in [-0.39, 0.29) is 29.9 Å². The minimum atomic E-state index is -0.350. The van der Waals surface area contributed by atoms with E-state index in [0.29, 0.717) is 19.8 Å². The Kier molecular flexibility index (Phi) is 9.86. The lowest BCUT2D eigenvalue weighted by molar-refractivity contribution is -0.242. The number of hydrogen-bond donors (Lipinski definition) is 0. The number of benzene rings is 4. The number of rotatable bonds is 11. The van der Waals surface area contributed by atoms with E-state index in [0.717, 1.165) is 21.6 Å². The fourth-order valence-corrected chi connectivity index (χ4v) is 5.87. The van der Waals surface area contributed by atoms with E-state index in [4.69, 9.17) is 18.9 Å². The first-order valence-corrected chi connectivity index (χ1v) is 14.4. The molecule has 0 amide bonds. The predicted molar refractivity (Wildman–Crippen MR) is 156 cm³/mol. The number of aryl methyl sites for hydroxylation is 1. The molecule has 4 aromatic rings. The molecule has 5 atom stereocenters. The zero-order chi connectivity index (χ0) is 26.9. The van der Waals surface area contributed by atoms with E-state index in [2.05, 4.69) is 74.5 Å². The van der Waals surface area contributed by atoms with Gasteiger partial charge in [-0.05, 0) is 42.7 Å². The smallest absolute Gasteiger partial charge is 0.136 e. The second-order valence-corrected chi connectivity index (χ2v) is 11.1. The number of thioether (sulfide) groups is 1. The van der Waals surface area contributed by atoms with Gasteiger partial charge in [-0.15, -0.1) is 0 Å². The maximum atomic E-state index is 6.69. The average molecular weight is 541 g/mol. The zero-order valence-corrected chi connectivity index (χ0v) is 23.3. The van der Waals surface area contributed by atoms with Gasteiger partial charge < -0.3 is 18.9 Å². The van der Waals surface area contributed by atoms with Gasteiger partial charge in [0.1, 0.15) is 23.7 Å². The van der Waals surface area contributed by atoms with Gasteiger partial charge in [0.15, 0.2) is 0 Å². The Morgan fingerprint density at radius 1 is 0.564 bits per heavy atom. The monoisotopic (exact) mass is 540 g/mol. The molecule has 0 spiro atoms. The Hall–Kier alpha value is -2.93. The number of hydrogen-bond acceptors (Lipinski definition) is 5. The SMILES string of the molecule is Cc1ccc(S[C@H]2O[C@@H](C)[C@H](OCc3ccccc3)[C@H](OCc3ccccc3)[C@@H]2OCc2ccccc2)cc1. The first-order valence-electron chi connectivity index (χ1n) is 13.5. The van der Waals surface area contributed by atoms with Crippen molar-refractivity contribution in [2.45, 2.75) is 68.4 Å². The predicted octanol–water partition coefficient (Wildman–Crippen LogP) is 7.59. The van der Waals surface area contributed by atoms with Gasteiger partial charge in [-0.25, -0.2) is 0 Å². The van der Waals surface area contributed by atoms with Crippen LogP contribution in [0, 0.1) is 6.92 Å². The summed E-state index contributed by atoms with van der Waals surface area (Å²) < 4.78 is 26.5. The molecule has 0 aliphatic carbocycles. The molecular formula is C34H36O4S. The van der Waals surface area contributed by atoms with Crippen molar-refractivity contribution in [2.24, 2.45) is 0 Å². The minimum Gasteiger partial charge on any atom is -0.368 e. The highest BCUT2D eigenvalue weighted by atomic mass is 32.2. The molecule has 5 rings (SSSR count). The molecule has 4 nitrogen and oxygen atoms in total. The molecule has 0 saturated carbocycles. The van der Waals surface area contributed by atoms with Crippen LogP contribution in [0.15, 0.2) is 120 Å². The van der Waals surface area contributed by atoms with Crippen LogP contribution in [0.25, 0.3) is 0 Å². The highest BCUT2D eigenvalue weighted by Gasteiger charge is 2.47. The quantitative estimate of drug-likeness (QED) is 0.196. The topological polar surface area (TPSA) is 36.9 Å². The van der Waals surface area contributed by atoms with E-state index >= 15 is 0 Å². The van der Waals surface area contributed by atoms with Gasteiger partial charge >= 0.3 is 0 Å². The van der Waals surface area contributed by atoms with Crippen LogP contribution in [0.1, 0.15) is 29.2 Å². The van der Waals surface area contributed by atoms with Crippen molar-refractivity contribution in [1.29, 1.82) is 0 Å². The van der Waals surface area contributed by atoms with E-state index in [9.17, 15) is 0 Å². The summed E-state index contributed by atoms with van der Waals surface area (Å²) >= 11 is 1.68. The summed E-state index contributed by atoms with van der Waals surface area (Å²) in [6.07, 6.45) is -1.17. The highest BCUT2D eigenvalue weighted by molar-refractivity contribution is 7.99. The summed E-state index contributed by atoms with van der Waals surface area (Å²) in [4.78, 5) is 1.14. The lowest BCUT2D eigenvalue weighted by Crippen LogP contribution is -2.58. The summed E-state index contributed by atoms with van der Waals surface area (Å²) in [5.41, 5.74) is 4.31. The van der Waals surface area contributed by atoms with Gasteiger partial charge in [0.25, 0.3) is 0 Å². The van der Waals surface area contributed by atoms with E-state index in [1.54, 1.807) is 11.8 Å². The highest BCUT2D eigenvalue weighted by Crippen LogP contribution is 2.38. The normalized spacial score (nSPS) is 23.0. The van der Waals surface area contributed by atoms with E-state index in [1.165, 1.54) is 5.56 Å². The molecule has 0 aromatic heterocycles. The maximum absolute atomic E-state index is 6.69. The van der Waals surface area contributed by atoms with Crippen molar-refractivity contribution in [1.82, 2.24) is 0 Å². The molecule has 0 radical (unpaired) electrons. The maximum Gasteiger partial charge on any atom is 0.136 e. The van der Waals surface area contributed by atoms with Crippen LogP contribution < -0.4 is 0 Å². The van der Waals surface area contributed by atoms with E-state index in [1.807, 2.05) is 54.6 Å². The van der Waals surface area contributed by atoms with Gasteiger partial charge in [0.2, 0.25) is 0 Å². The Bertz CT molecular complexity index is 1250. The van der Waals surface area contributed by atoms with E-state index < -0.39 is 0 Å². The van der Waals surface area contributed by atoms with Crippen LogP contribution in [-0.4, -0.2) is 29.9 Å². The van der Waals surface area contributed by atoms with Crippen molar-refractivity contribution >= 4 is 11.8 Å². The Morgan fingerprint density at radius 2 is 1.00 bits per heavy atom. The largest absolute Gasteiger partial charge is 0.368 e. The molecular weight excluding hydrogens is 504 g/mol. The Labute approximate surface area is 236 Å². The Balaban J connectivity index is 1.42. The van der Waals surface area contributed by atoms with Crippen molar-refractivity contribution in [3.05, 3.63) is 138 Å². The summed E-state index contributed by atoms with van der Waals surface area (Å²) in [5.74, 6) is 0. The fourth-order valence-electron chi connectivity index (χ4n) is 4.71. The second-order valence-electron chi connectivity index (χ2n) is 9.92. The van der Waals surface area contributed by atoms with Gasteiger partial charge in [0.05, 0.1) is 25.9 Å². The average Bonchev–Trinajstić information content (AvgIpc) is 2.98. The first-order chi connectivity index (χ1) is 19.2. The molecule has 1 fully saturated rings. The Morgan fingerprint density at radius 3 is 1.49 bits per heavy atom. The molecule has 0 bridgehead atoms. The van der Waals surface area contributed by atoms with Crippen molar-refractivity contribution < 1.29 is 18.9 Å². The number of ether oxygens (including phenoxy) is 4. The molecule has 1 aliphatic rings. The van der Waals surface area contributed by atoms with Crippen molar-refractivity contribution in [2.75, 3.05) is 0 Å². The van der Waals surface area contributed by atoms with Crippen LogP contribution in [0.5, 0.6) is 0 Å². The summed E-state index contributed by atoms with van der Waals surface area (Å²) in [5, 5.41) is 0. The molecule has 4 aromatic carbocycles. The molecule has 5 heteroatoms. The first kappa shape index (κ1) is 27.6. The van der Waals surface area contributed by atoms with Gasteiger partial charge in [-0.1, -0.05) is 120 Å². The zero-order valence-electron chi connectivity index (χ0n) is 22.5. The fraction of sp³-hybridized carbons (Fsp3) is 0.294. The molecule has 1 aliphatic heterocycles. The molecule has 0 unspecified atom stereocenters. The standard InChI is InChI=1S/C34H36O4S/c1-25-18-20-30(21-19-25)39-34-33(37-24-29-16-10-5-11-17-29)32(36-23-28-14-8-4-9-15-28)31(26(2)38-34)35-22-27-12-6-3-7-13-27/h3-21,26,31-34H,22-24H2,1-2H3/t26-,31-,32-,33-,34+/m0/s1. The summed E-state index contributed by atoms with van der Waals surface area (Å²) in [6, 6.07) is 39.3. The third kappa shape index (κ3) is 7.81. The lowest BCUT2D eigenvalue weighted by Gasteiger charge is -2.45. The van der Waals surface area contributed by atoms with Gasteiger partial charge in [-0.2, -0.15) is 0 Å². The third-order valence-electron chi connectivity index (χ3n) is 6.86. The molecule has 0 N–H and O–H groups in total. The molecule has 39 heavy (non-hydrogen) atoms. The van der Waals surface area contributed by atoms with Crippen LogP contribution in [0.2, 0.25) is 0 Å². The van der Waals surface area contributed by atoms with Crippen LogP contribution in [-0.2, 0) is 38.8 Å². The molecule has 1 heterocycles. The molecule has 202 valence electrons. The third-order valence-corrected chi connectivity index (χ3v) is 8.01. The summed E-state index contributed by atoms with van der Waals surface area (Å²) in [6.45, 7) is 5.58. The van der Waals surface area contributed by atoms with Crippen LogP contribution in [0.4, 0.5) is 0 Å². The summed E-state index contributed by atoms with van der Waals surface area (Å²) in [7, 11) is 0. The molecule has 1 saturated heterocycles. The minimum absolute atomic E-state index is 0.186. The second kappa shape index (κ2) is 13.9. The van der Waals surface area contributed by atoms with Crippen LogP contribution >= 0.6 is 11.8 Å². The van der Waals surface area contributed by atoms with Crippen molar-refractivity contribution in [3.63, 3.8) is 0 Å².